The van der Waals surface area contributed by atoms with E-state index in [0.717, 1.165) is 5.56 Å². The molecule has 0 spiro atoms. The van der Waals surface area contributed by atoms with E-state index in [4.69, 9.17) is 21.6 Å². The lowest BCUT2D eigenvalue weighted by Gasteiger charge is -2.32. The average Bonchev–Trinajstić information content (AvgIpc) is 2.64. The minimum atomic E-state index is -1.42. The Morgan fingerprint density at radius 3 is 2.32 bits per heavy atom. The number of nitrogen functional groups attached to an aromatic ring is 1. The van der Waals surface area contributed by atoms with Gasteiger partial charge in [-0.15, -0.1) is 0 Å². The molecule has 1 atom stereocenters. The molecule has 148 valence electrons. The van der Waals surface area contributed by atoms with Gasteiger partial charge in [-0.1, -0.05) is 13.0 Å². The molecule has 0 aliphatic heterocycles. The number of primary amides is 1. The molecule has 2 aromatic carbocycles. The first kappa shape index (κ1) is 20.8. The van der Waals surface area contributed by atoms with E-state index in [1.807, 2.05) is 6.92 Å². The smallest absolute Gasteiger partial charge is 0.334 e. The van der Waals surface area contributed by atoms with Crippen molar-refractivity contribution in [2.45, 2.75) is 25.8 Å². The summed E-state index contributed by atoms with van der Waals surface area (Å²) in [6, 6.07) is 11.7. The van der Waals surface area contributed by atoms with Crippen LogP contribution >= 0.6 is 0 Å². The SMILES string of the molecule is CCC(Nc1ccc(C(=N)N)cc1)(C(=O)O)c1cc(C)cc(OCC(N)=O)c1. The van der Waals surface area contributed by atoms with Gasteiger partial charge < -0.3 is 26.6 Å². The van der Waals surface area contributed by atoms with Crippen molar-refractivity contribution in [3.8, 4) is 5.75 Å². The van der Waals surface area contributed by atoms with Crippen molar-refractivity contribution >= 4 is 23.4 Å². The van der Waals surface area contributed by atoms with Crippen LogP contribution in [0.4, 0.5) is 5.69 Å². The molecule has 0 fully saturated rings. The molecular weight excluding hydrogens is 360 g/mol. The largest absolute Gasteiger partial charge is 0.484 e. The normalized spacial score (nSPS) is 12.6. The number of aryl methyl sites for hydroxylation is 1. The lowest BCUT2D eigenvalue weighted by atomic mass is 9.85. The van der Waals surface area contributed by atoms with Crippen LogP contribution in [0.15, 0.2) is 42.5 Å². The number of carbonyl (C=O) groups is 2. The van der Waals surface area contributed by atoms with Gasteiger partial charge in [0.15, 0.2) is 12.1 Å². The number of nitrogens with one attached hydrogen (secondary N) is 2. The van der Waals surface area contributed by atoms with Crippen LogP contribution in [0.2, 0.25) is 0 Å². The molecule has 0 bridgehead atoms. The zero-order valence-electron chi connectivity index (χ0n) is 15.8. The van der Waals surface area contributed by atoms with Crippen molar-refractivity contribution in [3.05, 3.63) is 59.2 Å². The number of amides is 1. The van der Waals surface area contributed by atoms with E-state index in [1.54, 1.807) is 49.4 Å². The summed E-state index contributed by atoms with van der Waals surface area (Å²) in [7, 11) is 0. The minimum Gasteiger partial charge on any atom is -0.484 e. The number of ether oxygens (including phenoxy) is 1. The topological polar surface area (TPSA) is 152 Å². The maximum atomic E-state index is 12.3. The number of aliphatic carboxylic acids is 1. The summed E-state index contributed by atoms with van der Waals surface area (Å²) in [6.07, 6.45) is 0.246. The summed E-state index contributed by atoms with van der Waals surface area (Å²) < 4.78 is 5.37. The third kappa shape index (κ3) is 4.59. The Bertz CT molecular complexity index is 896. The summed E-state index contributed by atoms with van der Waals surface area (Å²) in [5, 5.41) is 20.6. The molecule has 8 nitrogen and oxygen atoms in total. The van der Waals surface area contributed by atoms with Crippen LogP contribution in [-0.2, 0) is 15.1 Å². The maximum Gasteiger partial charge on any atom is 0.334 e. The number of benzene rings is 2. The predicted molar refractivity (Wildman–Crippen MR) is 107 cm³/mol. The van der Waals surface area contributed by atoms with Gasteiger partial charge in [-0.2, -0.15) is 0 Å². The van der Waals surface area contributed by atoms with Gasteiger partial charge in [0.05, 0.1) is 0 Å². The lowest BCUT2D eigenvalue weighted by molar-refractivity contribution is -0.142. The quantitative estimate of drug-likeness (QED) is 0.329. The van der Waals surface area contributed by atoms with E-state index in [-0.39, 0.29) is 18.9 Å². The van der Waals surface area contributed by atoms with Crippen LogP contribution in [0, 0.1) is 12.3 Å². The molecule has 1 amide bonds. The molecule has 1 unspecified atom stereocenters. The van der Waals surface area contributed by atoms with E-state index in [9.17, 15) is 14.7 Å². The number of rotatable bonds is 9. The fourth-order valence-electron chi connectivity index (χ4n) is 2.90. The number of carboxylic acids is 1. The second-order valence-corrected chi connectivity index (χ2v) is 6.47. The standard InChI is InChI=1S/C20H24N4O4/c1-3-20(19(26)27,24-15-6-4-13(5-7-15)18(22)23)14-8-12(2)9-16(10-14)28-11-17(21)25/h4-10,24H,3,11H2,1-2H3,(H2,21,25)(H3,22,23)(H,26,27). The molecule has 8 heteroatoms. The van der Waals surface area contributed by atoms with E-state index in [2.05, 4.69) is 5.32 Å². The van der Waals surface area contributed by atoms with Crippen molar-refractivity contribution in [3.63, 3.8) is 0 Å². The summed E-state index contributed by atoms with van der Waals surface area (Å²) in [6.45, 7) is 3.27. The highest BCUT2D eigenvalue weighted by molar-refractivity contribution is 5.95. The number of anilines is 1. The number of nitrogens with two attached hydrogens (primary N) is 2. The van der Waals surface area contributed by atoms with Crippen molar-refractivity contribution in [2.75, 3.05) is 11.9 Å². The van der Waals surface area contributed by atoms with Gasteiger partial charge in [-0.05, 0) is 60.9 Å². The maximum absolute atomic E-state index is 12.3. The molecule has 0 saturated heterocycles. The fourth-order valence-corrected chi connectivity index (χ4v) is 2.90. The van der Waals surface area contributed by atoms with E-state index >= 15 is 0 Å². The Hall–Kier alpha value is -3.55. The van der Waals surface area contributed by atoms with Gasteiger partial charge >= 0.3 is 5.97 Å². The number of carbonyl (C=O) groups excluding carboxylic acids is 1. The number of hydrogen-bond acceptors (Lipinski definition) is 5. The molecular formula is C20H24N4O4. The number of carboxylic acid groups (broad SMARTS) is 1. The summed E-state index contributed by atoms with van der Waals surface area (Å²) in [5.41, 5.74) is 11.5. The Morgan fingerprint density at radius 1 is 1.18 bits per heavy atom. The number of amidine groups is 1. The van der Waals surface area contributed by atoms with Crippen molar-refractivity contribution in [2.24, 2.45) is 11.5 Å². The molecule has 0 radical (unpaired) electrons. The first-order chi connectivity index (χ1) is 13.2. The molecule has 0 aliphatic carbocycles. The highest BCUT2D eigenvalue weighted by Crippen LogP contribution is 2.33. The van der Waals surface area contributed by atoms with Gasteiger partial charge in [0.25, 0.3) is 5.91 Å². The van der Waals surface area contributed by atoms with Crippen molar-refractivity contribution in [1.29, 1.82) is 5.41 Å². The third-order valence-electron chi connectivity index (χ3n) is 4.37. The Morgan fingerprint density at radius 2 is 1.82 bits per heavy atom. The van der Waals surface area contributed by atoms with Gasteiger partial charge in [0.2, 0.25) is 0 Å². The van der Waals surface area contributed by atoms with Gasteiger partial charge in [-0.25, -0.2) is 4.79 Å². The van der Waals surface area contributed by atoms with Crippen molar-refractivity contribution < 1.29 is 19.4 Å². The first-order valence-electron chi connectivity index (χ1n) is 8.67. The van der Waals surface area contributed by atoms with Crippen LogP contribution < -0.4 is 21.5 Å². The van der Waals surface area contributed by atoms with Gasteiger partial charge in [0.1, 0.15) is 11.6 Å². The molecule has 28 heavy (non-hydrogen) atoms. The monoisotopic (exact) mass is 384 g/mol. The summed E-state index contributed by atoms with van der Waals surface area (Å²) >= 11 is 0. The Kier molecular flexibility index (Phi) is 6.25. The minimum absolute atomic E-state index is 0.0681. The highest BCUT2D eigenvalue weighted by Gasteiger charge is 2.39. The second kappa shape index (κ2) is 8.43. The molecule has 0 heterocycles. The van der Waals surface area contributed by atoms with Gasteiger partial charge in [-0.3, -0.25) is 10.2 Å². The van der Waals surface area contributed by atoms with Crippen molar-refractivity contribution in [1.82, 2.24) is 0 Å². The Balaban J connectivity index is 2.45. The molecule has 0 aliphatic rings. The van der Waals surface area contributed by atoms with E-state index in [0.29, 0.717) is 22.6 Å². The van der Waals surface area contributed by atoms with Crippen LogP contribution in [0.1, 0.15) is 30.0 Å². The molecule has 0 aromatic heterocycles. The molecule has 2 aromatic rings. The third-order valence-corrected chi connectivity index (χ3v) is 4.37. The summed E-state index contributed by atoms with van der Waals surface area (Å²) in [5.74, 6) is -1.38. The van der Waals surface area contributed by atoms with Crippen LogP contribution in [0.3, 0.4) is 0 Å². The van der Waals surface area contributed by atoms with E-state index in [1.165, 1.54) is 0 Å². The highest BCUT2D eigenvalue weighted by atomic mass is 16.5. The summed E-state index contributed by atoms with van der Waals surface area (Å²) in [4.78, 5) is 23.3. The lowest BCUT2D eigenvalue weighted by Crippen LogP contribution is -2.43. The van der Waals surface area contributed by atoms with Crippen LogP contribution in [0.5, 0.6) is 5.75 Å². The predicted octanol–water partition coefficient (Wildman–Crippen LogP) is 1.95. The Labute approximate surface area is 163 Å². The molecule has 2 rings (SSSR count). The number of hydrogen-bond donors (Lipinski definition) is 5. The second-order valence-electron chi connectivity index (χ2n) is 6.47. The van der Waals surface area contributed by atoms with Crippen LogP contribution in [-0.4, -0.2) is 29.4 Å². The zero-order chi connectivity index (χ0) is 20.9. The van der Waals surface area contributed by atoms with E-state index < -0.39 is 17.4 Å². The van der Waals surface area contributed by atoms with Gasteiger partial charge in [0, 0.05) is 11.3 Å². The fraction of sp³-hybridized carbons (Fsp3) is 0.250. The average molecular weight is 384 g/mol. The first-order valence-corrected chi connectivity index (χ1v) is 8.67. The van der Waals surface area contributed by atoms with Crippen LogP contribution in [0.25, 0.3) is 0 Å². The molecule has 0 saturated carbocycles. The molecule has 7 N–H and O–H groups in total. The zero-order valence-corrected chi connectivity index (χ0v) is 15.8.